The molecule has 7 heteroatoms. The molecule has 0 fully saturated rings. The molecule has 7 aromatic rings. The summed E-state index contributed by atoms with van der Waals surface area (Å²) in [4.78, 5) is 29.9. The van der Waals surface area contributed by atoms with E-state index in [0.29, 0.717) is 0 Å². The number of aromatic nitrogens is 4. The van der Waals surface area contributed by atoms with Crippen molar-refractivity contribution in [3.63, 3.8) is 0 Å². The van der Waals surface area contributed by atoms with Gasteiger partial charge in [-0.05, 0) is 97.2 Å². The molecular weight excluding hydrogens is 688 g/mol. The summed E-state index contributed by atoms with van der Waals surface area (Å²) >= 11 is 0. The third kappa shape index (κ3) is 6.81. The maximum absolute atomic E-state index is 11.7. The van der Waals surface area contributed by atoms with E-state index in [1.807, 2.05) is 18.2 Å². The van der Waals surface area contributed by atoms with Crippen LogP contribution in [-0.2, 0) is 0 Å². The standard InChI is InChI=1S/C48H36N4O2.Na/c1-28-4-10-31(11-5-28)44-36-20-22-38(49-36)45(32-12-6-29(2)7-13-32)40-24-26-42(51-40)47(34-16-18-35(19-17-34)48(53)54)43-27-25-41(52-43)46(39-23-21-37(44)50-39)33-14-8-30(3)9-15-33;/h4-27,49,52H,1-3H3,(H,53,54);/q;+1/p-1. The van der Waals surface area contributed by atoms with Crippen molar-refractivity contribution in [2.75, 3.05) is 0 Å². The number of benzene rings is 4. The van der Waals surface area contributed by atoms with E-state index in [-0.39, 0.29) is 35.1 Å². The molecule has 0 spiro atoms. The molecule has 0 saturated carbocycles. The Morgan fingerprint density at radius 1 is 0.418 bits per heavy atom. The predicted molar refractivity (Wildman–Crippen MR) is 219 cm³/mol. The maximum Gasteiger partial charge on any atom is 1.00 e. The van der Waals surface area contributed by atoms with Gasteiger partial charge in [-0.25, -0.2) is 9.97 Å². The molecule has 8 bridgehead atoms. The quantitative estimate of drug-likeness (QED) is 0.179. The zero-order valence-corrected chi connectivity index (χ0v) is 33.1. The van der Waals surface area contributed by atoms with Gasteiger partial charge in [-0.3, -0.25) is 0 Å². The van der Waals surface area contributed by atoms with E-state index >= 15 is 0 Å². The van der Waals surface area contributed by atoms with Crippen molar-refractivity contribution in [3.8, 4) is 44.5 Å². The Hall–Kier alpha value is -6.05. The maximum atomic E-state index is 11.7. The number of nitrogens with zero attached hydrogens (tertiary/aromatic N) is 2. The fraction of sp³-hybridized carbons (Fsp3) is 0.0625. The molecule has 0 amide bonds. The largest absolute Gasteiger partial charge is 1.00 e. The second-order valence-electron chi connectivity index (χ2n) is 14.0. The first-order valence-corrected chi connectivity index (χ1v) is 18.0. The van der Waals surface area contributed by atoms with Gasteiger partial charge in [0.25, 0.3) is 0 Å². The van der Waals surface area contributed by atoms with Crippen LogP contribution in [0.3, 0.4) is 0 Å². The predicted octanol–water partition coefficient (Wildman–Crippen LogP) is 7.62. The topological polar surface area (TPSA) is 97.5 Å². The molecule has 3 aromatic heterocycles. The molecule has 2 aliphatic rings. The fourth-order valence-corrected chi connectivity index (χ4v) is 7.35. The van der Waals surface area contributed by atoms with Crippen molar-refractivity contribution in [1.82, 2.24) is 19.9 Å². The number of fused-ring (bicyclic) bond motifs is 8. The van der Waals surface area contributed by atoms with Crippen molar-refractivity contribution in [2.45, 2.75) is 20.8 Å². The smallest absolute Gasteiger partial charge is 0.545 e. The molecule has 6 nitrogen and oxygen atoms in total. The third-order valence-electron chi connectivity index (χ3n) is 10.2. The SMILES string of the molecule is Cc1ccc(-c2c3nc(c(-c4ccc(C)cc4)c4ccc([nH]4)c(-c4ccc(C(=O)[O-])cc4)c4nc(c(-c5ccc(C)cc5)c5ccc2[nH]5)C=C4)C=C3)cc1.[Na+]. The number of H-pyrrole nitrogens is 2. The van der Waals surface area contributed by atoms with E-state index in [9.17, 15) is 9.90 Å². The van der Waals surface area contributed by atoms with Crippen LogP contribution in [0.15, 0.2) is 121 Å². The van der Waals surface area contributed by atoms with Crippen LogP contribution < -0.4 is 34.7 Å². The van der Waals surface area contributed by atoms with Gasteiger partial charge in [0.05, 0.1) is 28.7 Å². The van der Waals surface area contributed by atoms with Gasteiger partial charge in [0.15, 0.2) is 0 Å². The normalized spacial score (nSPS) is 11.8. The van der Waals surface area contributed by atoms with Crippen LogP contribution in [0.5, 0.6) is 0 Å². The Kier molecular flexibility index (Phi) is 9.57. The van der Waals surface area contributed by atoms with Crippen molar-refractivity contribution in [3.05, 3.63) is 166 Å². The van der Waals surface area contributed by atoms with E-state index in [4.69, 9.17) is 9.97 Å². The zero-order chi connectivity index (χ0) is 36.9. The molecule has 55 heavy (non-hydrogen) atoms. The molecule has 2 aliphatic heterocycles. The van der Waals surface area contributed by atoms with Gasteiger partial charge in [-0.15, -0.1) is 0 Å². The van der Waals surface area contributed by atoms with Crippen LogP contribution in [0.25, 0.3) is 90.9 Å². The number of hydrogen-bond donors (Lipinski definition) is 2. The molecule has 0 unspecified atom stereocenters. The number of aromatic carboxylic acids is 1. The molecule has 0 radical (unpaired) electrons. The number of hydrogen-bond acceptors (Lipinski definition) is 4. The molecule has 0 saturated heterocycles. The number of aromatic amines is 2. The molecule has 0 atom stereocenters. The molecule has 5 heterocycles. The summed E-state index contributed by atoms with van der Waals surface area (Å²) in [6, 6.07) is 40.8. The molecule has 2 N–H and O–H groups in total. The first-order valence-electron chi connectivity index (χ1n) is 18.0. The average Bonchev–Trinajstić information content (AvgIpc) is 4.02. The minimum absolute atomic E-state index is 0. The Labute approximate surface area is 341 Å². The third-order valence-corrected chi connectivity index (χ3v) is 10.2. The first-order chi connectivity index (χ1) is 26.3. The molecule has 9 rings (SSSR count). The number of carboxylic acid groups (broad SMARTS) is 1. The van der Waals surface area contributed by atoms with Crippen molar-refractivity contribution in [1.29, 1.82) is 0 Å². The Morgan fingerprint density at radius 3 is 0.927 bits per heavy atom. The molecule has 0 aliphatic carbocycles. The summed E-state index contributed by atoms with van der Waals surface area (Å²) < 4.78 is 0. The number of carboxylic acids is 1. The number of carbonyl (C=O) groups is 1. The van der Waals surface area contributed by atoms with Gasteiger partial charge in [-0.2, -0.15) is 0 Å². The van der Waals surface area contributed by atoms with E-state index in [2.05, 4.69) is 146 Å². The van der Waals surface area contributed by atoms with E-state index in [1.165, 1.54) is 16.7 Å². The molecule has 260 valence electrons. The van der Waals surface area contributed by atoms with Gasteiger partial charge in [0, 0.05) is 44.3 Å². The Bertz CT molecular complexity index is 2800. The number of nitrogens with one attached hydrogen (secondary N) is 2. The van der Waals surface area contributed by atoms with Crippen LogP contribution >= 0.6 is 0 Å². The minimum atomic E-state index is -1.22. The second kappa shape index (κ2) is 14.6. The summed E-state index contributed by atoms with van der Waals surface area (Å²) in [5.41, 5.74) is 18.2. The van der Waals surface area contributed by atoms with Crippen molar-refractivity contribution >= 4 is 52.3 Å². The fourth-order valence-electron chi connectivity index (χ4n) is 7.35. The van der Waals surface area contributed by atoms with E-state index < -0.39 is 5.97 Å². The van der Waals surface area contributed by atoms with Crippen LogP contribution in [0.2, 0.25) is 0 Å². The summed E-state index contributed by atoms with van der Waals surface area (Å²) in [6.07, 6.45) is 8.29. The summed E-state index contributed by atoms with van der Waals surface area (Å²) in [5, 5.41) is 11.7. The van der Waals surface area contributed by atoms with Gasteiger partial charge in [-0.1, -0.05) is 114 Å². The van der Waals surface area contributed by atoms with Gasteiger partial charge in [0.1, 0.15) is 0 Å². The summed E-state index contributed by atoms with van der Waals surface area (Å²) in [5.74, 6) is -1.22. The monoisotopic (exact) mass is 722 g/mol. The van der Waals surface area contributed by atoms with E-state index in [1.54, 1.807) is 12.1 Å². The van der Waals surface area contributed by atoms with E-state index in [0.717, 1.165) is 89.4 Å². The molecule has 4 aromatic carbocycles. The summed E-state index contributed by atoms with van der Waals surface area (Å²) in [7, 11) is 0. The second-order valence-corrected chi connectivity index (χ2v) is 14.0. The molecular formula is C48H35N4NaO2. The first kappa shape index (κ1) is 36.0. The van der Waals surface area contributed by atoms with Gasteiger partial charge in [0.2, 0.25) is 0 Å². The van der Waals surface area contributed by atoms with Gasteiger partial charge >= 0.3 is 29.6 Å². The number of rotatable bonds is 5. The van der Waals surface area contributed by atoms with Crippen molar-refractivity contribution in [2.24, 2.45) is 0 Å². The van der Waals surface area contributed by atoms with Crippen LogP contribution in [-0.4, -0.2) is 25.9 Å². The summed E-state index contributed by atoms with van der Waals surface area (Å²) in [6.45, 7) is 6.27. The van der Waals surface area contributed by atoms with Crippen molar-refractivity contribution < 1.29 is 39.5 Å². The van der Waals surface area contributed by atoms with Gasteiger partial charge < -0.3 is 19.9 Å². The average molecular weight is 723 g/mol. The van der Waals surface area contributed by atoms with Crippen LogP contribution in [0, 0.1) is 20.8 Å². The Balaban J connectivity index is 0.00000427. The minimum Gasteiger partial charge on any atom is -0.545 e. The van der Waals surface area contributed by atoms with Crippen LogP contribution in [0.4, 0.5) is 0 Å². The van der Waals surface area contributed by atoms with Crippen LogP contribution in [0.1, 0.15) is 49.8 Å². The Morgan fingerprint density at radius 2 is 0.673 bits per heavy atom. The zero-order valence-electron chi connectivity index (χ0n) is 31.1. The number of aryl methyl sites for hydroxylation is 3. The number of carbonyl (C=O) groups excluding carboxylic acids is 1.